The van der Waals surface area contributed by atoms with Crippen molar-refractivity contribution >= 4 is 17.4 Å². The van der Waals surface area contributed by atoms with E-state index in [0.29, 0.717) is 5.41 Å². The number of hydrogen-bond acceptors (Lipinski definition) is 4. The minimum atomic E-state index is 0.340. The molecule has 0 aromatic heterocycles. The molecule has 0 spiro atoms. The lowest BCUT2D eigenvalue weighted by Crippen LogP contribution is -2.55. The van der Waals surface area contributed by atoms with Crippen LogP contribution in [0, 0.1) is 17.8 Å². The van der Waals surface area contributed by atoms with Gasteiger partial charge in [0.1, 0.15) is 0 Å². The molecule has 3 heterocycles. The summed E-state index contributed by atoms with van der Waals surface area (Å²) in [5, 5.41) is 0. The zero-order chi connectivity index (χ0) is 28.2. The fourth-order valence-electron chi connectivity index (χ4n) is 8.90. The molecule has 3 aromatic carbocycles. The van der Waals surface area contributed by atoms with Crippen LogP contribution in [0.4, 0.5) is 5.69 Å². The molecule has 1 unspecified atom stereocenters. The lowest BCUT2D eigenvalue weighted by atomic mass is 9.59. The Morgan fingerprint density at radius 1 is 0.595 bits per heavy atom. The molecule has 42 heavy (non-hydrogen) atoms. The van der Waals surface area contributed by atoms with Crippen LogP contribution >= 0.6 is 11.8 Å². The Hall–Kier alpha value is -2.27. The van der Waals surface area contributed by atoms with Crippen molar-refractivity contribution in [2.24, 2.45) is 17.8 Å². The number of anilines is 1. The van der Waals surface area contributed by atoms with Crippen molar-refractivity contribution in [3.05, 3.63) is 90.5 Å². The highest BCUT2D eigenvalue weighted by Gasteiger charge is 2.49. The predicted octanol–water partition coefficient (Wildman–Crippen LogP) is 8.21. The maximum atomic E-state index is 2.84. The van der Waals surface area contributed by atoms with E-state index in [1.807, 2.05) is 11.8 Å². The molecule has 7 rings (SSSR count). The molecule has 3 nitrogen and oxygen atoms in total. The normalized spacial score (nSPS) is 22.8. The Kier molecular flexibility index (Phi) is 8.93. The first kappa shape index (κ1) is 28.5. The van der Waals surface area contributed by atoms with Crippen molar-refractivity contribution < 1.29 is 0 Å². The van der Waals surface area contributed by atoms with Crippen LogP contribution < -0.4 is 4.90 Å². The molecule has 222 valence electrons. The Labute approximate surface area is 258 Å². The Bertz CT molecular complexity index is 1240. The van der Waals surface area contributed by atoms with Gasteiger partial charge in [-0.15, -0.1) is 0 Å². The minimum Gasteiger partial charge on any atom is -0.371 e. The summed E-state index contributed by atoms with van der Waals surface area (Å²) >= 11 is 1.85. The van der Waals surface area contributed by atoms with Gasteiger partial charge < -0.3 is 14.7 Å². The van der Waals surface area contributed by atoms with Crippen LogP contribution in [-0.2, 0) is 5.41 Å². The zero-order valence-electron chi connectivity index (χ0n) is 25.4. The van der Waals surface area contributed by atoms with Gasteiger partial charge in [0.2, 0.25) is 0 Å². The largest absolute Gasteiger partial charge is 0.371 e. The lowest BCUT2D eigenvalue weighted by Gasteiger charge is -2.51. The quantitative estimate of drug-likeness (QED) is 0.239. The molecular formula is C38H49N3S. The average Bonchev–Trinajstić information content (AvgIpc) is 3.75. The second-order valence-corrected chi connectivity index (χ2v) is 14.8. The molecule has 0 amide bonds. The maximum Gasteiger partial charge on any atom is 0.0367 e. The molecule has 0 N–H and O–H groups in total. The smallest absolute Gasteiger partial charge is 0.0367 e. The van der Waals surface area contributed by atoms with Crippen LogP contribution in [0.5, 0.6) is 0 Å². The van der Waals surface area contributed by atoms with Gasteiger partial charge in [0.05, 0.1) is 0 Å². The summed E-state index contributed by atoms with van der Waals surface area (Å²) in [4.78, 5) is 10.9. The zero-order valence-corrected chi connectivity index (χ0v) is 26.2. The van der Waals surface area contributed by atoms with Crippen molar-refractivity contribution in [1.82, 2.24) is 9.80 Å². The molecule has 4 fully saturated rings. The van der Waals surface area contributed by atoms with E-state index in [9.17, 15) is 0 Å². The van der Waals surface area contributed by atoms with E-state index in [0.717, 1.165) is 17.8 Å². The lowest BCUT2D eigenvalue weighted by molar-refractivity contribution is 0.0529. The van der Waals surface area contributed by atoms with Crippen molar-refractivity contribution in [2.45, 2.75) is 66.6 Å². The predicted molar refractivity (Wildman–Crippen MR) is 178 cm³/mol. The SMILES string of the molecule is c1ccc(Sc2ccc(N3CC(CN4CCC(C(CN5CCCC5)(c5ccccc5)C5CCCC5)CC4)C3)cc2)cc1. The summed E-state index contributed by atoms with van der Waals surface area (Å²) in [6.45, 7) is 10.2. The van der Waals surface area contributed by atoms with E-state index < -0.39 is 0 Å². The summed E-state index contributed by atoms with van der Waals surface area (Å²) in [5.74, 6) is 2.47. The van der Waals surface area contributed by atoms with Crippen LogP contribution in [-0.4, -0.2) is 62.2 Å². The van der Waals surface area contributed by atoms with Crippen LogP contribution in [0.1, 0.15) is 56.9 Å². The van der Waals surface area contributed by atoms with Crippen LogP contribution in [0.15, 0.2) is 94.7 Å². The monoisotopic (exact) mass is 579 g/mol. The van der Waals surface area contributed by atoms with Crippen LogP contribution in [0.2, 0.25) is 0 Å². The minimum absolute atomic E-state index is 0.340. The number of likely N-dealkylation sites (tertiary alicyclic amines) is 2. The van der Waals surface area contributed by atoms with Crippen molar-refractivity contribution in [1.29, 1.82) is 0 Å². The highest BCUT2D eigenvalue weighted by atomic mass is 32.2. The van der Waals surface area contributed by atoms with Gasteiger partial charge in [-0.2, -0.15) is 0 Å². The third-order valence-corrected chi connectivity index (χ3v) is 12.1. The highest BCUT2D eigenvalue weighted by molar-refractivity contribution is 7.99. The van der Waals surface area contributed by atoms with Gasteiger partial charge in [-0.3, -0.25) is 0 Å². The summed E-state index contributed by atoms with van der Waals surface area (Å²) in [6, 6.07) is 31.7. The van der Waals surface area contributed by atoms with Crippen molar-refractivity contribution in [2.75, 3.05) is 57.3 Å². The third-order valence-electron chi connectivity index (χ3n) is 11.0. The molecule has 1 saturated carbocycles. The number of hydrogen-bond donors (Lipinski definition) is 0. The number of rotatable bonds is 10. The Morgan fingerprint density at radius 2 is 1.19 bits per heavy atom. The second kappa shape index (κ2) is 13.2. The third kappa shape index (κ3) is 6.18. The Morgan fingerprint density at radius 3 is 1.86 bits per heavy atom. The molecule has 1 atom stereocenters. The topological polar surface area (TPSA) is 9.72 Å². The van der Waals surface area contributed by atoms with Gasteiger partial charge in [-0.1, -0.05) is 73.1 Å². The highest BCUT2D eigenvalue weighted by Crippen LogP contribution is 2.51. The van der Waals surface area contributed by atoms with E-state index in [2.05, 4.69) is 99.6 Å². The van der Waals surface area contributed by atoms with Gasteiger partial charge in [0.25, 0.3) is 0 Å². The molecule has 1 aliphatic carbocycles. The van der Waals surface area contributed by atoms with Gasteiger partial charge in [0, 0.05) is 53.0 Å². The molecular weight excluding hydrogens is 531 g/mol. The molecule has 0 bridgehead atoms. The molecule has 4 aliphatic rings. The van der Waals surface area contributed by atoms with E-state index >= 15 is 0 Å². The number of benzene rings is 3. The molecule has 0 radical (unpaired) electrons. The molecule has 4 heteroatoms. The van der Waals surface area contributed by atoms with E-state index in [4.69, 9.17) is 0 Å². The molecule has 3 aliphatic heterocycles. The first-order valence-corrected chi connectivity index (χ1v) is 17.7. The molecule has 3 aromatic rings. The second-order valence-electron chi connectivity index (χ2n) is 13.6. The van der Waals surface area contributed by atoms with E-state index in [1.165, 1.54) is 119 Å². The van der Waals surface area contributed by atoms with Gasteiger partial charge in [-0.25, -0.2) is 0 Å². The van der Waals surface area contributed by atoms with Crippen LogP contribution in [0.25, 0.3) is 0 Å². The summed E-state index contributed by atoms with van der Waals surface area (Å²) in [7, 11) is 0. The maximum absolute atomic E-state index is 2.84. The summed E-state index contributed by atoms with van der Waals surface area (Å²) < 4.78 is 0. The van der Waals surface area contributed by atoms with Gasteiger partial charge in [-0.05, 0) is 119 Å². The molecule has 3 saturated heterocycles. The first-order valence-electron chi connectivity index (χ1n) is 16.8. The van der Waals surface area contributed by atoms with E-state index in [1.54, 1.807) is 5.56 Å². The van der Waals surface area contributed by atoms with Crippen molar-refractivity contribution in [3.63, 3.8) is 0 Å². The van der Waals surface area contributed by atoms with Crippen molar-refractivity contribution in [3.8, 4) is 0 Å². The fraction of sp³-hybridized carbons (Fsp3) is 0.526. The number of nitrogens with zero attached hydrogens (tertiary/aromatic N) is 3. The fourth-order valence-corrected chi connectivity index (χ4v) is 9.73. The number of piperidine rings is 1. The first-order chi connectivity index (χ1) is 20.8. The summed E-state index contributed by atoms with van der Waals surface area (Å²) in [6.07, 6.45) is 11.3. The average molecular weight is 580 g/mol. The van der Waals surface area contributed by atoms with Gasteiger partial charge in [0.15, 0.2) is 0 Å². The van der Waals surface area contributed by atoms with Crippen LogP contribution in [0.3, 0.4) is 0 Å². The summed E-state index contributed by atoms with van der Waals surface area (Å²) in [5.41, 5.74) is 3.38. The van der Waals surface area contributed by atoms with E-state index in [-0.39, 0.29) is 0 Å². The Balaban J connectivity index is 0.956. The standard InChI is InChI=1S/C38H49N3S/c1-3-11-32(12-4-1)38(33-13-7-8-14-33,30-40-23-9-10-24-40)34-21-25-39(26-22-34)27-31-28-41(29-31)35-17-19-37(20-18-35)42-36-15-5-2-6-16-36/h1-6,11-12,15-20,31,33-34H,7-10,13-14,21-30H2. The van der Waals surface area contributed by atoms with Gasteiger partial charge >= 0.3 is 0 Å².